The lowest BCUT2D eigenvalue weighted by Gasteiger charge is -2.64. The first-order chi connectivity index (χ1) is 18.0. The molecule has 0 spiro atoms. The number of esters is 1. The zero-order chi connectivity index (χ0) is 29.0. The van der Waals surface area contributed by atoms with E-state index in [1.54, 1.807) is 53.7 Å². The van der Waals surface area contributed by atoms with Crippen LogP contribution in [0.5, 0.6) is 5.75 Å². The van der Waals surface area contributed by atoms with Gasteiger partial charge in [0.15, 0.2) is 0 Å². The number of alkyl halides is 1. The normalized spacial score (nSPS) is 27.4. The number of halogens is 1. The molecule has 3 aliphatic carbocycles. The molecular weight excluding hydrogens is 506 g/mol. The number of benzene rings is 1. The monoisotopic (exact) mass is 548 g/mol. The molecule has 4 aliphatic rings. The summed E-state index contributed by atoms with van der Waals surface area (Å²) in [4.78, 5) is 26.5. The van der Waals surface area contributed by atoms with Crippen LogP contribution in [0.25, 0.3) is 0 Å². The van der Waals surface area contributed by atoms with E-state index in [-0.39, 0.29) is 36.0 Å². The van der Waals surface area contributed by atoms with Crippen LogP contribution in [0.1, 0.15) is 91.1 Å². The Balaban J connectivity index is 1.78. The van der Waals surface area contributed by atoms with Gasteiger partial charge in [0.1, 0.15) is 29.2 Å². The fourth-order valence-electron chi connectivity index (χ4n) is 6.20. The van der Waals surface area contributed by atoms with Gasteiger partial charge in [0.25, 0.3) is 0 Å². The van der Waals surface area contributed by atoms with Crippen LogP contribution in [0, 0.1) is 17.3 Å². The summed E-state index contributed by atoms with van der Waals surface area (Å²) in [6.07, 6.45) is 0.824. The highest BCUT2D eigenvalue weighted by Gasteiger charge is 2.68. The molecule has 1 aromatic carbocycles. The topological polar surface area (TPSA) is 89.5 Å². The minimum absolute atomic E-state index is 0.0102. The van der Waals surface area contributed by atoms with Crippen LogP contribution in [0.3, 0.4) is 0 Å². The minimum Gasteiger partial charge on any atom is -0.456 e. The lowest BCUT2D eigenvalue weighted by Crippen LogP contribution is -2.65. The van der Waals surface area contributed by atoms with E-state index in [0.717, 1.165) is 12.8 Å². The molecule has 216 valence electrons. The van der Waals surface area contributed by atoms with E-state index < -0.39 is 42.7 Å². The summed E-state index contributed by atoms with van der Waals surface area (Å²) in [6, 6.07) is 3.37. The average molecular weight is 548 g/mol. The molecule has 1 saturated heterocycles. The van der Waals surface area contributed by atoms with Crippen LogP contribution >= 0.6 is 0 Å². The van der Waals surface area contributed by atoms with Crippen molar-refractivity contribution in [1.29, 1.82) is 0 Å². The number of rotatable bonds is 7. The predicted octanol–water partition coefficient (Wildman–Crippen LogP) is 5.38. The van der Waals surface area contributed by atoms with Crippen molar-refractivity contribution in [3.63, 3.8) is 0 Å². The summed E-state index contributed by atoms with van der Waals surface area (Å²) in [7, 11) is -0.880. The second kappa shape index (κ2) is 10.3. The molecule has 2 bridgehead atoms. The van der Waals surface area contributed by atoms with Gasteiger partial charge in [-0.25, -0.2) is 14.0 Å². The van der Waals surface area contributed by atoms with Gasteiger partial charge in [0.05, 0.1) is 24.9 Å². The summed E-state index contributed by atoms with van der Waals surface area (Å²) in [5.41, 5.74) is -1.31. The van der Waals surface area contributed by atoms with E-state index in [2.05, 4.69) is 20.8 Å². The Morgan fingerprint density at radius 2 is 1.72 bits per heavy atom. The third-order valence-electron chi connectivity index (χ3n) is 8.13. The standard InChI is InChI=1S/C29H42BFO8/c1-26(2,3)36-24(32)22-17(16-34-13-12-31)10-11-19(23(22)35-25(33)37-27(4,5)6)30-38-21-15-18-14-20(28(18,7)8)29(21,9)39-30/h10-11,18,20-21H,12-16H2,1-9H3/t18-,20-,21?,29+/m1/s1. The molecule has 5 rings (SSSR count). The highest BCUT2D eigenvalue weighted by molar-refractivity contribution is 6.63. The van der Waals surface area contributed by atoms with Crippen LogP contribution in [-0.2, 0) is 30.1 Å². The SMILES string of the molecule is CC(C)(C)OC(=O)Oc1c(B2OC3C[C@H]4C[C@H](C4(C)C)[C@]3(C)O2)ccc(COCCF)c1C(=O)OC(C)(C)C. The van der Waals surface area contributed by atoms with Crippen molar-refractivity contribution in [1.82, 2.24) is 0 Å². The zero-order valence-electron chi connectivity index (χ0n) is 24.6. The van der Waals surface area contributed by atoms with E-state index in [4.69, 9.17) is 28.3 Å². The molecule has 0 N–H and O–H groups in total. The Bertz CT molecular complexity index is 1110. The van der Waals surface area contributed by atoms with Gasteiger partial charge in [-0.2, -0.15) is 0 Å². The van der Waals surface area contributed by atoms with Gasteiger partial charge in [-0.1, -0.05) is 26.0 Å². The van der Waals surface area contributed by atoms with E-state index in [9.17, 15) is 14.0 Å². The van der Waals surface area contributed by atoms with Gasteiger partial charge in [-0.3, -0.25) is 0 Å². The van der Waals surface area contributed by atoms with E-state index in [1.807, 2.05) is 0 Å². The van der Waals surface area contributed by atoms with E-state index in [1.165, 1.54) is 0 Å². The molecule has 0 amide bonds. The quantitative estimate of drug-likeness (QED) is 0.194. The average Bonchev–Trinajstić information content (AvgIpc) is 3.13. The van der Waals surface area contributed by atoms with Gasteiger partial charge < -0.3 is 28.3 Å². The fraction of sp³-hybridized carbons (Fsp3) is 0.724. The number of ether oxygens (including phenoxy) is 4. The molecule has 10 heteroatoms. The molecule has 39 heavy (non-hydrogen) atoms. The fourth-order valence-corrected chi connectivity index (χ4v) is 6.20. The molecule has 4 atom stereocenters. The molecule has 3 saturated carbocycles. The van der Waals surface area contributed by atoms with Gasteiger partial charge >= 0.3 is 19.2 Å². The Labute approximate surface area is 231 Å². The third kappa shape index (κ3) is 5.98. The number of carbonyl (C=O) groups is 2. The summed E-state index contributed by atoms with van der Waals surface area (Å²) in [6.45, 7) is 16.1. The Kier molecular flexibility index (Phi) is 7.91. The molecule has 8 nitrogen and oxygen atoms in total. The Hall–Kier alpha value is -2.17. The second-order valence-electron chi connectivity index (χ2n) is 13.6. The largest absolute Gasteiger partial charge is 0.514 e. The smallest absolute Gasteiger partial charge is 0.456 e. The number of carbonyl (C=O) groups excluding carboxylic acids is 2. The van der Waals surface area contributed by atoms with Crippen LogP contribution < -0.4 is 10.2 Å². The molecule has 0 aromatic heterocycles. The van der Waals surface area contributed by atoms with Crippen LogP contribution in [0.15, 0.2) is 12.1 Å². The van der Waals surface area contributed by atoms with Crippen molar-refractivity contribution < 1.29 is 42.2 Å². The van der Waals surface area contributed by atoms with Crippen LogP contribution in [0.4, 0.5) is 9.18 Å². The Morgan fingerprint density at radius 3 is 2.31 bits per heavy atom. The zero-order valence-corrected chi connectivity index (χ0v) is 24.6. The molecule has 4 fully saturated rings. The summed E-state index contributed by atoms with van der Waals surface area (Å²) in [5.74, 6) is 0.0749. The summed E-state index contributed by atoms with van der Waals surface area (Å²) in [5, 5.41) is 0. The summed E-state index contributed by atoms with van der Waals surface area (Å²) < 4.78 is 48.2. The molecular formula is C29H42BFO8. The van der Waals surface area contributed by atoms with Crippen molar-refractivity contribution >= 4 is 24.7 Å². The highest BCUT2D eigenvalue weighted by atomic mass is 19.1. The Morgan fingerprint density at radius 1 is 1.05 bits per heavy atom. The van der Waals surface area contributed by atoms with Crippen molar-refractivity contribution in [3.05, 3.63) is 23.3 Å². The lowest BCUT2D eigenvalue weighted by molar-refractivity contribution is -0.199. The second-order valence-corrected chi connectivity index (χ2v) is 13.6. The van der Waals surface area contributed by atoms with Crippen molar-refractivity contribution in [2.24, 2.45) is 17.3 Å². The first-order valence-corrected chi connectivity index (χ1v) is 13.7. The van der Waals surface area contributed by atoms with E-state index >= 15 is 0 Å². The van der Waals surface area contributed by atoms with Crippen molar-refractivity contribution in [3.8, 4) is 5.75 Å². The minimum atomic E-state index is -0.986. The molecule has 1 aromatic rings. The predicted molar refractivity (Wildman–Crippen MR) is 144 cm³/mol. The van der Waals surface area contributed by atoms with E-state index in [0.29, 0.717) is 22.9 Å². The maximum Gasteiger partial charge on any atom is 0.514 e. The molecule has 1 aliphatic heterocycles. The van der Waals surface area contributed by atoms with Gasteiger partial charge in [0, 0.05) is 5.46 Å². The molecule has 1 unspecified atom stereocenters. The lowest BCUT2D eigenvalue weighted by atomic mass is 9.43. The van der Waals surface area contributed by atoms with Crippen LogP contribution in [-0.4, -0.2) is 55.4 Å². The van der Waals surface area contributed by atoms with Gasteiger partial charge in [-0.05, 0) is 84.1 Å². The first kappa shape index (κ1) is 29.8. The molecule has 0 radical (unpaired) electrons. The number of hydrogen-bond donors (Lipinski definition) is 0. The number of hydrogen-bond acceptors (Lipinski definition) is 8. The third-order valence-corrected chi connectivity index (χ3v) is 8.13. The van der Waals surface area contributed by atoms with Crippen molar-refractivity contribution in [2.45, 2.75) is 105 Å². The van der Waals surface area contributed by atoms with Gasteiger partial charge in [0.2, 0.25) is 0 Å². The van der Waals surface area contributed by atoms with Gasteiger partial charge in [-0.15, -0.1) is 0 Å². The van der Waals surface area contributed by atoms with Crippen molar-refractivity contribution in [2.75, 3.05) is 13.3 Å². The summed E-state index contributed by atoms with van der Waals surface area (Å²) >= 11 is 0. The maximum absolute atomic E-state index is 13.6. The maximum atomic E-state index is 13.6. The van der Waals surface area contributed by atoms with Crippen LogP contribution in [0.2, 0.25) is 0 Å². The highest BCUT2D eigenvalue weighted by Crippen LogP contribution is 2.65. The first-order valence-electron chi connectivity index (χ1n) is 13.7. The molecule has 1 heterocycles.